The van der Waals surface area contributed by atoms with Crippen molar-refractivity contribution in [1.82, 2.24) is 4.90 Å². The molecule has 1 aliphatic rings. The average Bonchev–Trinajstić information content (AvgIpc) is 2.52. The summed E-state index contributed by atoms with van der Waals surface area (Å²) >= 11 is 0. The largest absolute Gasteiger partial charge is 0.452 e. The number of nitrogens with zero attached hydrogens (tertiary/aromatic N) is 2. The Morgan fingerprint density at radius 2 is 2.14 bits per heavy atom. The predicted octanol–water partition coefficient (Wildman–Crippen LogP) is 2.01. The molecule has 1 aromatic rings. The van der Waals surface area contributed by atoms with E-state index >= 15 is 0 Å². The van der Waals surface area contributed by atoms with Crippen molar-refractivity contribution >= 4 is 17.6 Å². The van der Waals surface area contributed by atoms with Crippen LogP contribution in [0.5, 0.6) is 0 Å². The molecule has 1 fully saturated rings. The van der Waals surface area contributed by atoms with Crippen LogP contribution in [0.25, 0.3) is 0 Å². The molecule has 0 aliphatic carbocycles. The highest BCUT2D eigenvalue weighted by molar-refractivity contribution is 5.95. The van der Waals surface area contributed by atoms with Crippen molar-refractivity contribution in [3.63, 3.8) is 0 Å². The highest BCUT2D eigenvalue weighted by Crippen LogP contribution is 2.19. The second-order valence-corrected chi connectivity index (χ2v) is 5.44. The van der Waals surface area contributed by atoms with E-state index < -0.39 is 17.5 Å². The van der Waals surface area contributed by atoms with Crippen molar-refractivity contribution < 1.29 is 19.2 Å². The Morgan fingerprint density at radius 1 is 1.41 bits per heavy atom. The van der Waals surface area contributed by atoms with Gasteiger partial charge in [0.25, 0.3) is 11.6 Å². The lowest BCUT2D eigenvalue weighted by atomic mass is 10.0. The van der Waals surface area contributed by atoms with Gasteiger partial charge < -0.3 is 9.64 Å². The number of amides is 1. The van der Waals surface area contributed by atoms with Crippen LogP contribution in [0.4, 0.5) is 5.69 Å². The summed E-state index contributed by atoms with van der Waals surface area (Å²) in [6.45, 7) is 2.99. The first-order valence-corrected chi connectivity index (χ1v) is 7.17. The van der Waals surface area contributed by atoms with Crippen LogP contribution in [0.1, 0.15) is 30.1 Å². The molecule has 7 nitrogen and oxygen atoms in total. The number of para-hydroxylation sites is 1. The SMILES string of the molecule is C[C@@H]1CCCN(C(=O)COC(=O)c2ccccc2[N+](=O)[O-])C1. The van der Waals surface area contributed by atoms with Gasteiger partial charge in [0.2, 0.25) is 0 Å². The Balaban J connectivity index is 1.95. The molecule has 1 amide bonds. The molecule has 7 heteroatoms. The first-order chi connectivity index (χ1) is 10.5. The number of hydrogen-bond acceptors (Lipinski definition) is 5. The van der Waals surface area contributed by atoms with E-state index in [9.17, 15) is 19.7 Å². The molecule has 1 aromatic carbocycles. The fourth-order valence-corrected chi connectivity index (χ4v) is 2.52. The molecule has 0 radical (unpaired) electrons. The molecule has 0 spiro atoms. The summed E-state index contributed by atoms with van der Waals surface area (Å²) < 4.78 is 4.93. The summed E-state index contributed by atoms with van der Waals surface area (Å²) in [5.74, 6) is -0.687. The third-order valence-electron chi connectivity index (χ3n) is 3.66. The summed E-state index contributed by atoms with van der Waals surface area (Å²) in [4.78, 5) is 35.8. The number of carbonyl (C=O) groups excluding carboxylic acids is 2. The number of rotatable bonds is 4. The highest BCUT2D eigenvalue weighted by Gasteiger charge is 2.24. The fourth-order valence-electron chi connectivity index (χ4n) is 2.52. The Morgan fingerprint density at radius 3 is 2.82 bits per heavy atom. The van der Waals surface area contributed by atoms with E-state index in [1.54, 1.807) is 4.90 Å². The van der Waals surface area contributed by atoms with Gasteiger partial charge >= 0.3 is 5.97 Å². The van der Waals surface area contributed by atoms with Crippen molar-refractivity contribution in [2.24, 2.45) is 5.92 Å². The number of nitro benzene ring substituents is 1. The van der Waals surface area contributed by atoms with E-state index in [-0.39, 0.29) is 17.2 Å². The first kappa shape index (κ1) is 15.9. The Kier molecular flexibility index (Phi) is 5.08. The molecule has 1 atom stereocenters. The van der Waals surface area contributed by atoms with E-state index in [1.807, 2.05) is 0 Å². The van der Waals surface area contributed by atoms with Gasteiger partial charge in [0.1, 0.15) is 5.56 Å². The second kappa shape index (κ2) is 7.02. The van der Waals surface area contributed by atoms with Crippen LogP contribution < -0.4 is 0 Å². The summed E-state index contributed by atoms with van der Waals surface area (Å²) in [6.07, 6.45) is 2.02. The lowest BCUT2D eigenvalue weighted by molar-refractivity contribution is -0.385. The van der Waals surface area contributed by atoms with Gasteiger partial charge in [-0.05, 0) is 24.8 Å². The molecule has 2 rings (SSSR count). The van der Waals surface area contributed by atoms with Crippen LogP contribution in [0.2, 0.25) is 0 Å². The molecule has 1 saturated heterocycles. The number of esters is 1. The molecule has 0 unspecified atom stereocenters. The van der Waals surface area contributed by atoms with E-state index in [2.05, 4.69) is 6.92 Å². The predicted molar refractivity (Wildman–Crippen MR) is 78.4 cm³/mol. The molecule has 0 saturated carbocycles. The molecular weight excluding hydrogens is 288 g/mol. The number of hydrogen-bond donors (Lipinski definition) is 0. The minimum Gasteiger partial charge on any atom is -0.452 e. The molecule has 0 aromatic heterocycles. The van der Waals surface area contributed by atoms with Crippen LogP contribution in [0.3, 0.4) is 0 Å². The molecule has 1 heterocycles. The number of piperidine rings is 1. The topological polar surface area (TPSA) is 89.8 Å². The summed E-state index contributed by atoms with van der Waals surface area (Å²) in [7, 11) is 0. The zero-order chi connectivity index (χ0) is 16.1. The zero-order valence-electron chi connectivity index (χ0n) is 12.4. The molecule has 1 aliphatic heterocycles. The Bertz CT molecular complexity index is 587. The second-order valence-electron chi connectivity index (χ2n) is 5.44. The minimum absolute atomic E-state index is 0.146. The molecule has 118 valence electrons. The van der Waals surface area contributed by atoms with E-state index in [0.717, 1.165) is 12.8 Å². The van der Waals surface area contributed by atoms with Gasteiger partial charge in [-0.15, -0.1) is 0 Å². The molecule has 0 bridgehead atoms. The molecular formula is C15H18N2O5. The zero-order valence-corrected chi connectivity index (χ0v) is 12.4. The highest BCUT2D eigenvalue weighted by atomic mass is 16.6. The van der Waals surface area contributed by atoms with E-state index in [0.29, 0.717) is 19.0 Å². The standard InChI is InChI=1S/C15H18N2O5/c1-11-5-4-8-16(9-11)14(18)10-22-15(19)12-6-2-3-7-13(12)17(20)21/h2-3,6-7,11H,4-5,8-10H2,1H3/t11-/m1/s1. The minimum atomic E-state index is -0.856. The lowest BCUT2D eigenvalue weighted by Crippen LogP contribution is -2.41. The maximum atomic E-state index is 12.0. The summed E-state index contributed by atoms with van der Waals surface area (Å²) in [5.41, 5.74) is -0.473. The quantitative estimate of drug-likeness (QED) is 0.482. The van der Waals surface area contributed by atoms with Crippen LogP contribution in [-0.4, -0.2) is 41.4 Å². The number of likely N-dealkylation sites (tertiary alicyclic amines) is 1. The van der Waals surface area contributed by atoms with Crippen molar-refractivity contribution in [2.75, 3.05) is 19.7 Å². The van der Waals surface area contributed by atoms with Gasteiger partial charge in [-0.3, -0.25) is 14.9 Å². The van der Waals surface area contributed by atoms with Gasteiger partial charge in [-0.25, -0.2) is 4.79 Å². The van der Waals surface area contributed by atoms with E-state index in [4.69, 9.17) is 4.74 Å². The van der Waals surface area contributed by atoms with Crippen molar-refractivity contribution in [2.45, 2.75) is 19.8 Å². The van der Waals surface area contributed by atoms with Gasteiger partial charge in [0.05, 0.1) is 4.92 Å². The third-order valence-corrected chi connectivity index (χ3v) is 3.66. The molecule has 22 heavy (non-hydrogen) atoms. The number of ether oxygens (including phenoxy) is 1. The first-order valence-electron chi connectivity index (χ1n) is 7.17. The normalized spacial score (nSPS) is 17.9. The van der Waals surface area contributed by atoms with Crippen LogP contribution in [0.15, 0.2) is 24.3 Å². The van der Waals surface area contributed by atoms with Crippen molar-refractivity contribution in [1.29, 1.82) is 0 Å². The lowest BCUT2D eigenvalue weighted by Gasteiger charge is -2.30. The summed E-state index contributed by atoms with van der Waals surface area (Å²) in [6, 6.07) is 5.52. The van der Waals surface area contributed by atoms with Gasteiger partial charge in [-0.2, -0.15) is 0 Å². The Hall–Kier alpha value is -2.44. The monoisotopic (exact) mass is 306 g/mol. The fraction of sp³-hybridized carbons (Fsp3) is 0.467. The number of benzene rings is 1. The van der Waals surface area contributed by atoms with Crippen molar-refractivity contribution in [3.8, 4) is 0 Å². The van der Waals surface area contributed by atoms with Crippen molar-refractivity contribution in [3.05, 3.63) is 39.9 Å². The smallest absolute Gasteiger partial charge is 0.345 e. The maximum absolute atomic E-state index is 12.0. The van der Waals surface area contributed by atoms with Crippen LogP contribution in [-0.2, 0) is 9.53 Å². The number of carbonyl (C=O) groups is 2. The van der Waals surface area contributed by atoms with E-state index in [1.165, 1.54) is 24.3 Å². The Labute approximate surface area is 128 Å². The van der Waals surface area contributed by atoms with Crippen LogP contribution in [0, 0.1) is 16.0 Å². The number of nitro groups is 1. The van der Waals surface area contributed by atoms with Crippen LogP contribution >= 0.6 is 0 Å². The molecule has 0 N–H and O–H groups in total. The van der Waals surface area contributed by atoms with Gasteiger partial charge in [0.15, 0.2) is 6.61 Å². The van der Waals surface area contributed by atoms with Gasteiger partial charge in [-0.1, -0.05) is 19.1 Å². The van der Waals surface area contributed by atoms with Gasteiger partial charge in [0, 0.05) is 19.2 Å². The average molecular weight is 306 g/mol. The third kappa shape index (κ3) is 3.81. The maximum Gasteiger partial charge on any atom is 0.345 e. The summed E-state index contributed by atoms with van der Waals surface area (Å²) in [5, 5.41) is 10.9.